The normalized spacial score (nSPS) is 12.1. The van der Waals surface area contributed by atoms with Crippen molar-refractivity contribution in [1.82, 2.24) is 0 Å². The van der Waals surface area contributed by atoms with Gasteiger partial charge in [0.1, 0.15) is 6.10 Å². The monoisotopic (exact) mass is 226 g/mol. The van der Waals surface area contributed by atoms with E-state index in [1.807, 2.05) is 43.3 Å². The van der Waals surface area contributed by atoms with Gasteiger partial charge in [-0.05, 0) is 29.3 Å². The van der Waals surface area contributed by atoms with Gasteiger partial charge in [-0.2, -0.15) is 0 Å². The number of hydrogen-bond donors (Lipinski definition) is 0. The zero-order chi connectivity index (χ0) is 12.3. The van der Waals surface area contributed by atoms with Gasteiger partial charge in [0.05, 0.1) is 0 Å². The third-order valence-corrected chi connectivity index (χ3v) is 2.70. The molecule has 0 saturated heterocycles. The van der Waals surface area contributed by atoms with Crippen molar-refractivity contribution in [2.45, 2.75) is 13.0 Å². The first kappa shape index (κ1) is 11.4. The van der Waals surface area contributed by atoms with Crippen LogP contribution >= 0.6 is 0 Å². The summed E-state index contributed by atoms with van der Waals surface area (Å²) in [5.41, 5.74) is 0.985. The zero-order valence-corrected chi connectivity index (χ0v) is 9.72. The fraction of sp³-hybridized carbons (Fsp3) is 0.133. The molecule has 17 heavy (non-hydrogen) atoms. The number of carbonyl (C=O) groups excluding carboxylic acids is 1. The Kier molecular flexibility index (Phi) is 3.24. The maximum absolute atomic E-state index is 11.1. The second kappa shape index (κ2) is 4.83. The quantitative estimate of drug-likeness (QED) is 0.590. The Morgan fingerprint density at radius 2 is 1.94 bits per heavy atom. The van der Waals surface area contributed by atoms with Crippen molar-refractivity contribution in [3.63, 3.8) is 0 Å². The molecule has 2 aromatic carbocycles. The molecule has 0 aliphatic carbocycles. The van der Waals surface area contributed by atoms with Gasteiger partial charge in [-0.3, -0.25) is 0 Å². The van der Waals surface area contributed by atoms with Crippen LogP contribution in [0.1, 0.15) is 18.6 Å². The van der Waals surface area contributed by atoms with Crippen LogP contribution in [-0.2, 0) is 9.53 Å². The van der Waals surface area contributed by atoms with E-state index in [2.05, 4.69) is 12.6 Å². The second-order valence-electron chi connectivity index (χ2n) is 3.89. The van der Waals surface area contributed by atoms with Crippen molar-refractivity contribution in [2.24, 2.45) is 0 Å². The number of carbonyl (C=O) groups is 1. The number of fused-ring (bicyclic) bond motifs is 1. The molecule has 2 heteroatoms. The zero-order valence-electron chi connectivity index (χ0n) is 9.72. The number of esters is 1. The summed E-state index contributed by atoms with van der Waals surface area (Å²) >= 11 is 0. The van der Waals surface area contributed by atoms with E-state index in [4.69, 9.17) is 4.74 Å². The van der Waals surface area contributed by atoms with Crippen LogP contribution in [0, 0.1) is 0 Å². The highest BCUT2D eigenvalue weighted by Gasteiger charge is 2.09. The Morgan fingerprint density at radius 1 is 1.24 bits per heavy atom. The van der Waals surface area contributed by atoms with Crippen LogP contribution in [-0.4, -0.2) is 5.97 Å². The van der Waals surface area contributed by atoms with Crippen molar-refractivity contribution in [2.75, 3.05) is 0 Å². The standard InChI is InChI=1S/C15H14O2/c1-3-15(16)17-11(2)13-9-8-12-6-4-5-7-14(12)10-13/h3-11H,1H2,2H3. The summed E-state index contributed by atoms with van der Waals surface area (Å²) in [6, 6.07) is 14.1. The van der Waals surface area contributed by atoms with Crippen molar-refractivity contribution >= 4 is 16.7 Å². The minimum Gasteiger partial charge on any atom is -0.455 e. The number of benzene rings is 2. The van der Waals surface area contributed by atoms with E-state index in [1.165, 1.54) is 11.5 Å². The molecule has 0 fully saturated rings. The Morgan fingerprint density at radius 3 is 2.65 bits per heavy atom. The predicted molar refractivity (Wildman–Crippen MR) is 68.7 cm³/mol. The first-order chi connectivity index (χ1) is 8.20. The molecule has 0 saturated carbocycles. The van der Waals surface area contributed by atoms with E-state index in [0.29, 0.717) is 0 Å². The summed E-state index contributed by atoms with van der Waals surface area (Å²) < 4.78 is 5.18. The van der Waals surface area contributed by atoms with Crippen LogP contribution in [0.15, 0.2) is 55.1 Å². The molecule has 1 atom stereocenters. The van der Waals surface area contributed by atoms with Gasteiger partial charge in [0.15, 0.2) is 0 Å². The van der Waals surface area contributed by atoms with E-state index >= 15 is 0 Å². The molecule has 0 N–H and O–H groups in total. The Balaban J connectivity index is 2.29. The predicted octanol–water partition coefficient (Wildman–Crippen LogP) is 3.63. The highest BCUT2D eigenvalue weighted by atomic mass is 16.5. The average molecular weight is 226 g/mol. The van der Waals surface area contributed by atoms with Gasteiger partial charge in [0.2, 0.25) is 0 Å². The van der Waals surface area contributed by atoms with Gasteiger partial charge in [0, 0.05) is 6.08 Å². The highest BCUT2D eigenvalue weighted by molar-refractivity contribution is 5.83. The molecule has 1 unspecified atom stereocenters. The first-order valence-electron chi connectivity index (χ1n) is 5.52. The van der Waals surface area contributed by atoms with E-state index < -0.39 is 5.97 Å². The molecule has 0 radical (unpaired) electrons. The summed E-state index contributed by atoms with van der Waals surface area (Å²) in [5.74, 6) is -0.398. The lowest BCUT2D eigenvalue weighted by atomic mass is 10.0. The fourth-order valence-electron chi connectivity index (χ4n) is 1.75. The summed E-state index contributed by atoms with van der Waals surface area (Å²) in [6.45, 7) is 5.24. The molecule has 0 spiro atoms. The van der Waals surface area contributed by atoms with Crippen LogP contribution in [0.2, 0.25) is 0 Å². The smallest absolute Gasteiger partial charge is 0.330 e. The summed E-state index contributed by atoms with van der Waals surface area (Å²) in [7, 11) is 0. The molecule has 2 rings (SSSR count). The minimum atomic E-state index is -0.398. The van der Waals surface area contributed by atoms with Crippen molar-refractivity contribution in [3.8, 4) is 0 Å². The van der Waals surface area contributed by atoms with Gasteiger partial charge in [0.25, 0.3) is 0 Å². The molecule has 2 aromatic rings. The largest absolute Gasteiger partial charge is 0.455 e. The van der Waals surface area contributed by atoms with E-state index in [9.17, 15) is 4.79 Å². The summed E-state index contributed by atoms with van der Waals surface area (Å²) in [4.78, 5) is 11.1. The number of ether oxygens (including phenoxy) is 1. The molecule has 0 aliphatic heterocycles. The minimum absolute atomic E-state index is 0.259. The van der Waals surface area contributed by atoms with Gasteiger partial charge in [-0.1, -0.05) is 43.0 Å². The Bertz CT molecular complexity index is 558. The van der Waals surface area contributed by atoms with E-state index in [0.717, 1.165) is 10.9 Å². The van der Waals surface area contributed by atoms with Gasteiger partial charge < -0.3 is 4.74 Å². The number of rotatable bonds is 3. The van der Waals surface area contributed by atoms with Crippen molar-refractivity contribution < 1.29 is 9.53 Å². The molecule has 0 amide bonds. The van der Waals surface area contributed by atoms with Crippen molar-refractivity contribution in [1.29, 1.82) is 0 Å². The third-order valence-electron chi connectivity index (χ3n) is 2.70. The maximum Gasteiger partial charge on any atom is 0.330 e. The summed E-state index contributed by atoms with van der Waals surface area (Å²) in [6.07, 6.45) is 0.919. The van der Waals surface area contributed by atoms with Gasteiger partial charge in [-0.25, -0.2) is 4.79 Å². The molecule has 2 nitrogen and oxygen atoms in total. The lowest BCUT2D eigenvalue weighted by molar-refractivity contribution is -0.142. The highest BCUT2D eigenvalue weighted by Crippen LogP contribution is 2.22. The van der Waals surface area contributed by atoms with Crippen LogP contribution in [0.4, 0.5) is 0 Å². The Labute approximate surface area is 101 Å². The molecular weight excluding hydrogens is 212 g/mol. The van der Waals surface area contributed by atoms with Crippen LogP contribution in [0.25, 0.3) is 10.8 Å². The molecule has 0 bridgehead atoms. The topological polar surface area (TPSA) is 26.3 Å². The SMILES string of the molecule is C=CC(=O)OC(C)c1ccc2ccccc2c1. The van der Waals surface area contributed by atoms with E-state index in [-0.39, 0.29) is 6.10 Å². The fourth-order valence-corrected chi connectivity index (χ4v) is 1.75. The third kappa shape index (κ3) is 2.53. The molecule has 0 aliphatic rings. The van der Waals surface area contributed by atoms with Crippen LogP contribution in [0.5, 0.6) is 0 Å². The first-order valence-corrected chi connectivity index (χ1v) is 5.52. The molecule has 86 valence electrons. The molecular formula is C15H14O2. The lowest BCUT2D eigenvalue weighted by Gasteiger charge is -2.12. The molecule has 0 heterocycles. The second-order valence-corrected chi connectivity index (χ2v) is 3.89. The summed E-state index contributed by atoms with van der Waals surface area (Å²) in [5, 5.41) is 2.32. The Hall–Kier alpha value is -2.09. The van der Waals surface area contributed by atoms with E-state index in [1.54, 1.807) is 0 Å². The van der Waals surface area contributed by atoms with Crippen LogP contribution < -0.4 is 0 Å². The average Bonchev–Trinajstić information content (AvgIpc) is 2.38. The lowest BCUT2D eigenvalue weighted by Crippen LogP contribution is -2.05. The van der Waals surface area contributed by atoms with Gasteiger partial charge in [-0.15, -0.1) is 0 Å². The maximum atomic E-state index is 11.1. The van der Waals surface area contributed by atoms with Gasteiger partial charge >= 0.3 is 5.97 Å². The molecule has 0 aromatic heterocycles. The van der Waals surface area contributed by atoms with Crippen LogP contribution in [0.3, 0.4) is 0 Å². The van der Waals surface area contributed by atoms with Crippen molar-refractivity contribution in [3.05, 3.63) is 60.7 Å². The number of hydrogen-bond acceptors (Lipinski definition) is 2.